The van der Waals surface area contributed by atoms with Crippen LogP contribution in [0.15, 0.2) is 36.4 Å². The van der Waals surface area contributed by atoms with Gasteiger partial charge in [0.25, 0.3) is 0 Å². The summed E-state index contributed by atoms with van der Waals surface area (Å²) in [5, 5.41) is 9.95. The van der Waals surface area contributed by atoms with Gasteiger partial charge in [-0.15, -0.1) is 0 Å². The molecule has 0 aromatic heterocycles. The molecule has 0 radical (unpaired) electrons. The maximum absolute atomic E-state index is 12.6. The molecule has 21 heavy (non-hydrogen) atoms. The molecule has 0 saturated heterocycles. The number of ketones is 1. The standard InChI is InChI=1S/C18H16O3/c1-9(2)10-6-7-11-14(8-10)21-18-12-4-3-5-13(19)15(12)17(20)16(11)18/h3-9,16,18-19H,1-2H3. The molecule has 0 amide bonds. The summed E-state index contributed by atoms with van der Waals surface area (Å²) in [7, 11) is 0. The van der Waals surface area contributed by atoms with Gasteiger partial charge >= 0.3 is 0 Å². The van der Waals surface area contributed by atoms with E-state index in [9.17, 15) is 9.90 Å². The number of hydrogen-bond acceptors (Lipinski definition) is 3. The summed E-state index contributed by atoms with van der Waals surface area (Å²) >= 11 is 0. The molecular formula is C18H16O3. The summed E-state index contributed by atoms with van der Waals surface area (Å²) in [6.07, 6.45) is -0.294. The molecule has 0 saturated carbocycles. The van der Waals surface area contributed by atoms with Crippen molar-refractivity contribution in [1.82, 2.24) is 0 Å². The molecule has 2 aromatic rings. The van der Waals surface area contributed by atoms with Crippen molar-refractivity contribution in [2.24, 2.45) is 0 Å². The minimum absolute atomic E-state index is 0.0378. The predicted molar refractivity (Wildman–Crippen MR) is 79.1 cm³/mol. The number of aromatic hydroxyl groups is 1. The van der Waals surface area contributed by atoms with E-state index in [2.05, 4.69) is 19.9 Å². The second-order valence-corrected chi connectivity index (χ2v) is 6.07. The van der Waals surface area contributed by atoms with Gasteiger partial charge < -0.3 is 9.84 Å². The molecule has 2 aromatic carbocycles. The Kier molecular flexibility index (Phi) is 2.43. The Balaban J connectivity index is 1.84. The highest BCUT2D eigenvalue weighted by atomic mass is 16.5. The number of carbonyl (C=O) groups is 1. The number of fused-ring (bicyclic) bond motifs is 5. The molecule has 3 heteroatoms. The van der Waals surface area contributed by atoms with Crippen molar-refractivity contribution in [3.8, 4) is 11.5 Å². The summed E-state index contributed by atoms with van der Waals surface area (Å²) < 4.78 is 6.04. The SMILES string of the molecule is CC(C)c1ccc2c(c1)OC1c3cccc(O)c3C(=O)C21. The maximum atomic E-state index is 12.6. The summed E-state index contributed by atoms with van der Waals surface area (Å²) in [6.45, 7) is 4.27. The van der Waals surface area contributed by atoms with E-state index in [1.54, 1.807) is 12.1 Å². The lowest BCUT2D eigenvalue weighted by atomic mass is 9.92. The summed E-state index contributed by atoms with van der Waals surface area (Å²) in [5.74, 6) is 0.925. The average Bonchev–Trinajstić information content (AvgIpc) is 2.96. The molecule has 1 aliphatic carbocycles. The lowest BCUT2D eigenvalue weighted by Gasteiger charge is -2.11. The molecule has 2 atom stereocenters. The van der Waals surface area contributed by atoms with Crippen molar-refractivity contribution in [3.63, 3.8) is 0 Å². The first-order valence-electron chi connectivity index (χ1n) is 7.24. The zero-order valence-corrected chi connectivity index (χ0v) is 12.0. The zero-order chi connectivity index (χ0) is 14.7. The summed E-state index contributed by atoms with van der Waals surface area (Å²) in [5.41, 5.74) is 3.36. The van der Waals surface area contributed by atoms with Crippen molar-refractivity contribution < 1.29 is 14.6 Å². The third-order valence-corrected chi connectivity index (χ3v) is 4.51. The average molecular weight is 280 g/mol. The number of phenols is 1. The van der Waals surface area contributed by atoms with Gasteiger partial charge in [0.05, 0.1) is 11.5 Å². The molecule has 2 aliphatic rings. The van der Waals surface area contributed by atoms with Crippen LogP contribution in [0.1, 0.15) is 58.8 Å². The van der Waals surface area contributed by atoms with Crippen LogP contribution in [0.25, 0.3) is 0 Å². The van der Waals surface area contributed by atoms with E-state index in [1.165, 1.54) is 5.56 Å². The van der Waals surface area contributed by atoms with E-state index < -0.39 is 0 Å². The van der Waals surface area contributed by atoms with Gasteiger partial charge in [0.1, 0.15) is 17.6 Å². The van der Waals surface area contributed by atoms with Gasteiger partial charge in [-0.05, 0) is 23.6 Å². The van der Waals surface area contributed by atoms with Crippen molar-refractivity contribution in [1.29, 1.82) is 0 Å². The molecule has 0 spiro atoms. The topological polar surface area (TPSA) is 46.5 Å². The highest BCUT2D eigenvalue weighted by molar-refractivity contribution is 6.09. The normalized spacial score (nSPS) is 22.0. The highest BCUT2D eigenvalue weighted by Crippen LogP contribution is 2.54. The van der Waals surface area contributed by atoms with Crippen LogP contribution in [0.2, 0.25) is 0 Å². The molecule has 0 bridgehead atoms. The molecule has 1 heterocycles. The zero-order valence-electron chi connectivity index (χ0n) is 12.0. The largest absolute Gasteiger partial charge is 0.507 e. The van der Waals surface area contributed by atoms with Gasteiger partial charge in [-0.3, -0.25) is 4.79 Å². The highest BCUT2D eigenvalue weighted by Gasteiger charge is 2.48. The molecule has 3 nitrogen and oxygen atoms in total. The number of rotatable bonds is 1. The number of carbonyl (C=O) groups excluding carboxylic acids is 1. The van der Waals surface area contributed by atoms with E-state index in [0.29, 0.717) is 11.5 Å². The molecular weight excluding hydrogens is 264 g/mol. The molecule has 2 unspecified atom stereocenters. The van der Waals surface area contributed by atoms with Gasteiger partial charge in [0, 0.05) is 11.1 Å². The summed E-state index contributed by atoms with van der Waals surface area (Å²) in [4.78, 5) is 12.6. The van der Waals surface area contributed by atoms with Gasteiger partial charge in [0.15, 0.2) is 5.78 Å². The second kappa shape index (κ2) is 4.10. The van der Waals surface area contributed by atoms with Gasteiger partial charge in [0.2, 0.25) is 0 Å². The van der Waals surface area contributed by atoms with Crippen LogP contribution < -0.4 is 4.74 Å². The fourth-order valence-corrected chi connectivity index (χ4v) is 3.38. The first-order valence-corrected chi connectivity index (χ1v) is 7.24. The Morgan fingerprint density at radius 2 is 1.95 bits per heavy atom. The van der Waals surface area contributed by atoms with E-state index in [0.717, 1.165) is 16.9 Å². The molecule has 0 fully saturated rings. The predicted octanol–water partition coefficient (Wildman–Crippen LogP) is 3.93. The third kappa shape index (κ3) is 1.57. The van der Waals surface area contributed by atoms with E-state index in [4.69, 9.17) is 4.74 Å². The fourth-order valence-electron chi connectivity index (χ4n) is 3.38. The second-order valence-electron chi connectivity index (χ2n) is 6.07. The fraction of sp³-hybridized carbons (Fsp3) is 0.278. The Hall–Kier alpha value is -2.29. The third-order valence-electron chi connectivity index (χ3n) is 4.51. The minimum atomic E-state index is -0.315. The molecule has 1 N–H and O–H groups in total. The van der Waals surface area contributed by atoms with Crippen molar-refractivity contribution in [3.05, 3.63) is 58.7 Å². The van der Waals surface area contributed by atoms with Crippen molar-refractivity contribution in [2.45, 2.75) is 31.8 Å². The number of benzene rings is 2. The first kappa shape index (κ1) is 12.5. The van der Waals surface area contributed by atoms with E-state index in [-0.39, 0.29) is 23.6 Å². The van der Waals surface area contributed by atoms with Crippen molar-refractivity contribution in [2.75, 3.05) is 0 Å². The van der Waals surface area contributed by atoms with Crippen LogP contribution in [-0.2, 0) is 0 Å². The van der Waals surface area contributed by atoms with Gasteiger partial charge in [-0.1, -0.05) is 38.1 Å². The Bertz CT molecular complexity index is 761. The number of hydrogen-bond donors (Lipinski definition) is 1. The first-order chi connectivity index (χ1) is 10.1. The summed E-state index contributed by atoms with van der Waals surface area (Å²) in [6, 6.07) is 11.3. The van der Waals surface area contributed by atoms with E-state index >= 15 is 0 Å². The Labute approximate surface area is 123 Å². The van der Waals surface area contributed by atoms with Gasteiger partial charge in [-0.25, -0.2) is 0 Å². The van der Waals surface area contributed by atoms with E-state index in [1.807, 2.05) is 18.2 Å². The smallest absolute Gasteiger partial charge is 0.178 e. The molecule has 106 valence electrons. The van der Waals surface area contributed by atoms with Crippen LogP contribution in [0.4, 0.5) is 0 Å². The number of phenolic OH excluding ortho intramolecular Hbond substituents is 1. The van der Waals surface area contributed by atoms with Crippen LogP contribution in [0, 0.1) is 0 Å². The Morgan fingerprint density at radius 1 is 1.14 bits per heavy atom. The van der Waals surface area contributed by atoms with Crippen LogP contribution in [0.3, 0.4) is 0 Å². The number of ether oxygens (including phenoxy) is 1. The quantitative estimate of drug-likeness (QED) is 0.861. The van der Waals surface area contributed by atoms with Crippen LogP contribution >= 0.6 is 0 Å². The van der Waals surface area contributed by atoms with Crippen LogP contribution in [-0.4, -0.2) is 10.9 Å². The van der Waals surface area contributed by atoms with Gasteiger partial charge in [-0.2, -0.15) is 0 Å². The lowest BCUT2D eigenvalue weighted by Crippen LogP contribution is -2.08. The monoisotopic (exact) mass is 280 g/mol. The van der Waals surface area contributed by atoms with Crippen molar-refractivity contribution >= 4 is 5.78 Å². The molecule has 4 rings (SSSR count). The minimum Gasteiger partial charge on any atom is -0.507 e. The van der Waals surface area contributed by atoms with Crippen LogP contribution in [0.5, 0.6) is 11.5 Å². The Morgan fingerprint density at radius 3 is 2.71 bits per heavy atom. The lowest BCUT2D eigenvalue weighted by molar-refractivity contribution is 0.0933. The maximum Gasteiger partial charge on any atom is 0.178 e. The molecule has 1 aliphatic heterocycles. The number of Topliss-reactive ketones (excluding diaryl/α,β-unsaturated/α-hetero) is 1.